The number of benzene rings is 1. The fourth-order valence-corrected chi connectivity index (χ4v) is 2.61. The van der Waals surface area contributed by atoms with Crippen LogP contribution in [0.1, 0.15) is 22.8 Å². The summed E-state index contributed by atoms with van der Waals surface area (Å²) >= 11 is 0. The first-order valence-corrected chi connectivity index (χ1v) is 7.29. The number of amides is 1. The smallest absolute Gasteiger partial charge is 0.254 e. The molecule has 1 N–H and O–H groups in total. The van der Waals surface area contributed by atoms with Crippen LogP contribution in [-0.4, -0.2) is 66.8 Å². The minimum atomic E-state index is -0.286. The number of ether oxygens (including phenoxy) is 1. The molecule has 0 spiro atoms. The molecule has 1 heterocycles. The fraction of sp³-hybridized carbons (Fsp3) is 0.562. The molecule has 21 heavy (non-hydrogen) atoms. The molecular weight excluding hydrogens is 268 g/mol. The van der Waals surface area contributed by atoms with Crippen molar-refractivity contribution in [2.45, 2.75) is 25.7 Å². The zero-order chi connectivity index (χ0) is 15.4. The molecule has 116 valence electrons. The highest BCUT2D eigenvalue weighted by Crippen LogP contribution is 2.15. The van der Waals surface area contributed by atoms with Gasteiger partial charge >= 0.3 is 0 Å². The Morgan fingerprint density at radius 2 is 2.00 bits per heavy atom. The SMILES string of the molecule is CC1CN(C(=O)c2ccc(CN(C)C)cc2)CC(CO)O1. The summed E-state index contributed by atoms with van der Waals surface area (Å²) in [6, 6.07) is 7.71. The molecule has 1 aliphatic rings. The van der Waals surface area contributed by atoms with Gasteiger partial charge in [0.25, 0.3) is 5.91 Å². The highest BCUT2D eigenvalue weighted by molar-refractivity contribution is 5.94. The summed E-state index contributed by atoms with van der Waals surface area (Å²) < 4.78 is 5.57. The first-order chi connectivity index (χ1) is 9.99. The van der Waals surface area contributed by atoms with Gasteiger partial charge in [-0.05, 0) is 38.7 Å². The molecular formula is C16H24N2O3. The van der Waals surface area contributed by atoms with Gasteiger partial charge in [0.15, 0.2) is 0 Å². The van der Waals surface area contributed by atoms with E-state index in [1.54, 1.807) is 4.90 Å². The van der Waals surface area contributed by atoms with Crippen molar-refractivity contribution in [3.05, 3.63) is 35.4 Å². The molecule has 0 aromatic heterocycles. The van der Waals surface area contributed by atoms with Crippen LogP contribution in [0.2, 0.25) is 0 Å². The number of aliphatic hydroxyl groups excluding tert-OH is 1. The monoisotopic (exact) mass is 292 g/mol. The molecule has 2 unspecified atom stereocenters. The van der Waals surface area contributed by atoms with E-state index in [4.69, 9.17) is 4.74 Å². The third-order valence-corrected chi connectivity index (χ3v) is 3.52. The van der Waals surface area contributed by atoms with E-state index in [0.29, 0.717) is 18.7 Å². The lowest BCUT2D eigenvalue weighted by molar-refractivity contribution is -0.0858. The molecule has 1 aromatic rings. The predicted octanol–water partition coefficient (Wildman–Crippen LogP) is 0.970. The molecule has 0 radical (unpaired) electrons. The van der Waals surface area contributed by atoms with Gasteiger partial charge in [0, 0.05) is 25.2 Å². The Labute approximate surface area is 126 Å². The van der Waals surface area contributed by atoms with Crippen LogP contribution in [0.25, 0.3) is 0 Å². The van der Waals surface area contributed by atoms with Gasteiger partial charge < -0.3 is 19.6 Å². The molecule has 0 aliphatic carbocycles. The van der Waals surface area contributed by atoms with E-state index < -0.39 is 0 Å². The van der Waals surface area contributed by atoms with Crippen molar-refractivity contribution < 1.29 is 14.6 Å². The van der Waals surface area contributed by atoms with Crippen molar-refractivity contribution >= 4 is 5.91 Å². The summed E-state index contributed by atoms with van der Waals surface area (Å²) in [6.07, 6.45) is -0.335. The molecule has 1 fully saturated rings. The van der Waals surface area contributed by atoms with E-state index >= 15 is 0 Å². The van der Waals surface area contributed by atoms with Crippen LogP contribution in [0.5, 0.6) is 0 Å². The molecule has 1 amide bonds. The zero-order valence-corrected chi connectivity index (χ0v) is 13.0. The lowest BCUT2D eigenvalue weighted by Gasteiger charge is -2.36. The highest BCUT2D eigenvalue weighted by atomic mass is 16.5. The zero-order valence-electron chi connectivity index (χ0n) is 13.0. The van der Waals surface area contributed by atoms with E-state index in [9.17, 15) is 9.90 Å². The number of carbonyl (C=O) groups is 1. The van der Waals surface area contributed by atoms with Gasteiger partial charge in [-0.3, -0.25) is 4.79 Å². The lowest BCUT2D eigenvalue weighted by Crippen LogP contribution is -2.50. The van der Waals surface area contributed by atoms with Crippen LogP contribution in [0, 0.1) is 0 Å². The second kappa shape index (κ2) is 7.02. The first kappa shape index (κ1) is 15.9. The third-order valence-electron chi connectivity index (χ3n) is 3.52. The van der Waals surface area contributed by atoms with Gasteiger partial charge in [-0.15, -0.1) is 0 Å². The minimum absolute atomic E-state index is 0.00000283. The second-order valence-electron chi connectivity index (χ2n) is 5.90. The summed E-state index contributed by atoms with van der Waals surface area (Å²) in [5.41, 5.74) is 1.86. The normalized spacial score (nSPS) is 22.6. The van der Waals surface area contributed by atoms with Crippen LogP contribution in [0.4, 0.5) is 0 Å². The van der Waals surface area contributed by atoms with Crippen LogP contribution in [-0.2, 0) is 11.3 Å². The molecule has 2 atom stereocenters. The molecule has 5 nitrogen and oxygen atoms in total. The van der Waals surface area contributed by atoms with Crippen LogP contribution >= 0.6 is 0 Å². The number of rotatable bonds is 4. The fourth-order valence-electron chi connectivity index (χ4n) is 2.61. The molecule has 5 heteroatoms. The Morgan fingerprint density at radius 3 is 2.57 bits per heavy atom. The Morgan fingerprint density at radius 1 is 1.33 bits per heavy atom. The van der Waals surface area contributed by atoms with Crippen molar-refractivity contribution in [2.24, 2.45) is 0 Å². The van der Waals surface area contributed by atoms with Gasteiger partial charge in [-0.2, -0.15) is 0 Å². The van der Waals surface area contributed by atoms with E-state index in [-0.39, 0.29) is 24.7 Å². The third kappa shape index (κ3) is 4.27. The van der Waals surface area contributed by atoms with Crippen molar-refractivity contribution in [1.29, 1.82) is 0 Å². The van der Waals surface area contributed by atoms with E-state index in [0.717, 1.165) is 6.54 Å². The molecule has 0 bridgehead atoms. The van der Waals surface area contributed by atoms with E-state index in [1.807, 2.05) is 45.3 Å². The van der Waals surface area contributed by atoms with Crippen molar-refractivity contribution in [2.75, 3.05) is 33.8 Å². The largest absolute Gasteiger partial charge is 0.394 e. The summed E-state index contributed by atoms with van der Waals surface area (Å²) in [6.45, 7) is 3.72. The average molecular weight is 292 g/mol. The number of nitrogens with zero attached hydrogens (tertiary/aromatic N) is 2. The highest BCUT2D eigenvalue weighted by Gasteiger charge is 2.28. The molecule has 2 rings (SSSR count). The number of aliphatic hydroxyl groups is 1. The number of hydrogen-bond donors (Lipinski definition) is 1. The molecule has 0 saturated carbocycles. The topological polar surface area (TPSA) is 53.0 Å². The average Bonchev–Trinajstić information content (AvgIpc) is 2.46. The first-order valence-electron chi connectivity index (χ1n) is 7.29. The maximum atomic E-state index is 12.5. The Balaban J connectivity index is 2.05. The minimum Gasteiger partial charge on any atom is -0.394 e. The van der Waals surface area contributed by atoms with Crippen molar-refractivity contribution in [1.82, 2.24) is 9.80 Å². The van der Waals surface area contributed by atoms with Crippen molar-refractivity contribution in [3.8, 4) is 0 Å². The molecule has 1 aliphatic heterocycles. The maximum absolute atomic E-state index is 12.5. The van der Waals surface area contributed by atoms with Crippen LogP contribution in [0.15, 0.2) is 24.3 Å². The number of carbonyl (C=O) groups excluding carboxylic acids is 1. The Kier molecular flexibility index (Phi) is 5.33. The Hall–Kier alpha value is -1.43. The van der Waals surface area contributed by atoms with E-state index in [2.05, 4.69) is 4.90 Å². The summed E-state index contributed by atoms with van der Waals surface area (Å²) in [4.78, 5) is 16.4. The van der Waals surface area contributed by atoms with Gasteiger partial charge in [-0.25, -0.2) is 0 Å². The van der Waals surface area contributed by atoms with Crippen LogP contribution < -0.4 is 0 Å². The maximum Gasteiger partial charge on any atom is 0.254 e. The summed E-state index contributed by atoms with van der Waals surface area (Å²) in [7, 11) is 4.03. The number of morpholine rings is 1. The summed E-state index contributed by atoms with van der Waals surface area (Å²) in [5, 5.41) is 9.23. The van der Waals surface area contributed by atoms with Gasteiger partial charge in [0.05, 0.1) is 18.8 Å². The summed E-state index contributed by atoms with van der Waals surface area (Å²) in [5.74, 6) is 0.00000283. The quantitative estimate of drug-likeness (QED) is 0.898. The standard InChI is InChI=1S/C16H24N2O3/c1-12-8-18(10-15(11-19)21-12)16(20)14-6-4-13(5-7-14)9-17(2)3/h4-7,12,15,19H,8-11H2,1-3H3. The molecule has 1 aromatic carbocycles. The van der Waals surface area contributed by atoms with Gasteiger partial charge in [0.1, 0.15) is 0 Å². The number of hydrogen-bond acceptors (Lipinski definition) is 4. The predicted molar refractivity (Wildman–Crippen MR) is 81.2 cm³/mol. The Bertz CT molecular complexity index is 473. The van der Waals surface area contributed by atoms with Crippen molar-refractivity contribution in [3.63, 3.8) is 0 Å². The van der Waals surface area contributed by atoms with Gasteiger partial charge in [-0.1, -0.05) is 12.1 Å². The lowest BCUT2D eigenvalue weighted by atomic mass is 10.1. The van der Waals surface area contributed by atoms with E-state index in [1.165, 1.54) is 5.56 Å². The second-order valence-corrected chi connectivity index (χ2v) is 5.90. The van der Waals surface area contributed by atoms with Gasteiger partial charge in [0.2, 0.25) is 0 Å². The molecule has 1 saturated heterocycles. The van der Waals surface area contributed by atoms with Crippen LogP contribution in [0.3, 0.4) is 0 Å².